The minimum absolute atomic E-state index is 0.211. The smallest absolute Gasteiger partial charge is 0.123 e. The number of thiazole rings is 1. The summed E-state index contributed by atoms with van der Waals surface area (Å²) in [6, 6.07) is 6.27. The monoisotopic (exact) mass is 324 g/mol. The van der Waals surface area contributed by atoms with Crippen LogP contribution in [0.5, 0.6) is 0 Å². The largest absolute Gasteiger partial charge is 0.325 e. The van der Waals surface area contributed by atoms with Gasteiger partial charge >= 0.3 is 0 Å². The first-order valence-electron chi connectivity index (χ1n) is 5.85. The predicted octanol–water partition coefficient (Wildman–Crippen LogP) is 4.16. The van der Waals surface area contributed by atoms with E-state index in [1.54, 1.807) is 11.3 Å². The molecule has 0 amide bonds. The van der Waals surface area contributed by atoms with E-state index in [9.17, 15) is 0 Å². The van der Waals surface area contributed by atoms with Crippen molar-refractivity contribution in [2.24, 2.45) is 5.73 Å². The molecule has 18 heavy (non-hydrogen) atoms. The number of aromatic nitrogens is 1. The van der Waals surface area contributed by atoms with E-state index < -0.39 is 0 Å². The van der Waals surface area contributed by atoms with Crippen molar-refractivity contribution in [3.63, 3.8) is 0 Å². The molecule has 2 aromatic rings. The second kappa shape index (κ2) is 5.11. The zero-order valence-corrected chi connectivity index (χ0v) is 13.2. The molecule has 0 aliphatic heterocycles. The van der Waals surface area contributed by atoms with E-state index in [1.165, 1.54) is 11.1 Å². The highest BCUT2D eigenvalue weighted by atomic mass is 79.9. The van der Waals surface area contributed by atoms with Gasteiger partial charge in [0.1, 0.15) is 5.01 Å². The van der Waals surface area contributed by atoms with Gasteiger partial charge in [-0.3, -0.25) is 0 Å². The fourth-order valence-corrected chi connectivity index (χ4v) is 3.06. The van der Waals surface area contributed by atoms with Gasteiger partial charge in [0.25, 0.3) is 0 Å². The lowest BCUT2D eigenvalue weighted by atomic mass is 10.0. The molecular formula is C14H17BrN2S. The summed E-state index contributed by atoms with van der Waals surface area (Å²) in [5.74, 6) is 0. The summed E-state index contributed by atoms with van der Waals surface area (Å²) >= 11 is 5.18. The molecule has 2 rings (SSSR count). The van der Waals surface area contributed by atoms with Crippen molar-refractivity contribution < 1.29 is 0 Å². The van der Waals surface area contributed by atoms with Crippen LogP contribution in [0, 0.1) is 6.92 Å². The normalized spacial score (nSPS) is 11.8. The summed E-state index contributed by atoms with van der Waals surface area (Å²) in [6.45, 7) is 6.16. The molecule has 0 aliphatic rings. The zero-order valence-electron chi connectivity index (χ0n) is 10.8. The van der Waals surface area contributed by atoms with Crippen LogP contribution in [-0.4, -0.2) is 10.5 Å². The molecule has 4 heteroatoms. The second-order valence-electron chi connectivity index (χ2n) is 5.27. The van der Waals surface area contributed by atoms with Crippen molar-refractivity contribution >= 4 is 27.3 Å². The molecule has 0 spiro atoms. The van der Waals surface area contributed by atoms with E-state index in [4.69, 9.17) is 5.73 Å². The van der Waals surface area contributed by atoms with Gasteiger partial charge in [-0.1, -0.05) is 22.0 Å². The van der Waals surface area contributed by atoms with Gasteiger partial charge in [-0.15, -0.1) is 11.3 Å². The van der Waals surface area contributed by atoms with Crippen LogP contribution in [0.25, 0.3) is 10.6 Å². The predicted molar refractivity (Wildman–Crippen MR) is 82.0 cm³/mol. The average molecular weight is 325 g/mol. The molecular weight excluding hydrogens is 308 g/mol. The van der Waals surface area contributed by atoms with Crippen LogP contribution in [-0.2, 0) is 6.42 Å². The quantitative estimate of drug-likeness (QED) is 0.920. The van der Waals surface area contributed by atoms with Crippen molar-refractivity contribution in [2.75, 3.05) is 0 Å². The Labute approximate surface area is 120 Å². The number of nitrogens with zero attached hydrogens (tertiary/aromatic N) is 1. The first kappa shape index (κ1) is 13.7. The number of hydrogen-bond acceptors (Lipinski definition) is 3. The van der Waals surface area contributed by atoms with Gasteiger partial charge in [0.2, 0.25) is 0 Å². The molecule has 1 aromatic carbocycles. The fraction of sp³-hybridized carbons (Fsp3) is 0.357. The highest BCUT2D eigenvalue weighted by molar-refractivity contribution is 9.10. The number of nitrogens with two attached hydrogens (primary N) is 1. The highest BCUT2D eigenvalue weighted by Gasteiger charge is 2.15. The van der Waals surface area contributed by atoms with Gasteiger partial charge in [-0.25, -0.2) is 4.98 Å². The average Bonchev–Trinajstić information content (AvgIpc) is 2.67. The molecule has 2 nitrogen and oxygen atoms in total. The van der Waals surface area contributed by atoms with Gasteiger partial charge in [0, 0.05) is 27.4 Å². The molecule has 0 bridgehead atoms. The van der Waals surface area contributed by atoms with Crippen molar-refractivity contribution in [1.29, 1.82) is 0 Å². The Balaban J connectivity index is 2.32. The van der Waals surface area contributed by atoms with Gasteiger partial charge < -0.3 is 5.73 Å². The minimum atomic E-state index is -0.211. The highest BCUT2D eigenvalue weighted by Crippen LogP contribution is 2.30. The third-order valence-corrected chi connectivity index (χ3v) is 4.04. The fourth-order valence-electron chi connectivity index (χ4n) is 1.80. The maximum Gasteiger partial charge on any atom is 0.123 e. The van der Waals surface area contributed by atoms with Gasteiger partial charge in [0.05, 0.1) is 5.69 Å². The van der Waals surface area contributed by atoms with Crippen LogP contribution in [0.1, 0.15) is 25.1 Å². The summed E-state index contributed by atoms with van der Waals surface area (Å²) in [5, 5.41) is 3.16. The molecule has 0 atom stereocenters. The number of halogens is 1. The van der Waals surface area contributed by atoms with E-state index in [1.807, 2.05) is 13.8 Å². The maximum absolute atomic E-state index is 6.03. The Kier molecular flexibility index (Phi) is 3.90. The SMILES string of the molecule is Cc1ccc(Br)cc1-c1nc(CC(C)(C)N)cs1. The van der Waals surface area contributed by atoms with E-state index in [2.05, 4.69) is 51.4 Å². The third-order valence-electron chi connectivity index (χ3n) is 2.62. The molecule has 1 heterocycles. The first-order valence-corrected chi connectivity index (χ1v) is 7.52. The number of aryl methyl sites for hydroxylation is 1. The number of hydrogen-bond donors (Lipinski definition) is 1. The lowest BCUT2D eigenvalue weighted by Crippen LogP contribution is -2.34. The number of rotatable bonds is 3. The van der Waals surface area contributed by atoms with Crippen LogP contribution in [0.4, 0.5) is 0 Å². The van der Waals surface area contributed by atoms with Gasteiger partial charge in [-0.2, -0.15) is 0 Å². The van der Waals surface area contributed by atoms with Crippen molar-refractivity contribution in [3.8, 4) is 10.6 Å². The lowest BCUT2D eigenvalue weighted by molar-refractivity contribution is 0.511. The summed E-state index contributed by atoms with van der Waals surface area (Å²) in [5.41, 5.74) is 9.32. The summed E-state index contributed by atoms with van der Waals surface area (Å²) in [7, 11) is 0. The third kappa shape index (κ3) is 3.40. The van der Waals surface area contributed by atoms with Crippen molar-refractivity contribution in [3.05, 3.63) is 39.3 Å². The Morgan fingerprint density at radius 2 is 2.11 bits per heavy atom. The Morgan fingerprint density at radius 1 is 1.39 bits per heavy atom. The maximum atomic E-state index is 6.03. The van der Waals surface area contributed by atoms with Crippen LogP contribution in [0.2, 0.25) is 0 Å². The molecule has 0 aliphatic carbocycles. The van der Waals surface area contributed by atoms with Crippen LogP contribution >= 0.6 is 27.3 Å². The number of benzene rings is 1. The zero-order chi connectivity index (χ0) is 13.3. The molecule has 0 saturated carbocycles. The van der Waals surface area contributed by atoms with Crippen LogP contribution in [0.3, 0.4) is 0 Å². The standard InChI is InChI=1S/C14H17BrN2S/c1-9-4-5-10(15)6-12(9)13-17-11(8-18-13)7-14(2,3)16/h4-6,8H,7,16H2,1-3H3. The van der Waals surface area contributed by atoms with E-state index in [0.717, 1.165) is 21.6 Å². The Hall–Kier alpha value is -0.710. The molecule has 2 N–H and O–H groups in total. The molecule has 0 saturated heterocycles. The second-order valence-corrected chi connectivity index (χ2v) is 7.04. The lowest BCUT2D eigenvalue weighted by Gasteiger charge is -2.16. The Bertz CT molecular complexity index is 555. The summed E-state index contributed by atoms with van der Waals surface area (Å²) in [4.78, 5) is 4.69. The van der Waals surface area contributed by atoms with Crippen molar-refractivity contribution in [1.82, 2.24) is 4.98 Å². The molecule has 0 radical (unpaired) electrons. The molecule has 1 aromatic heterocycles. The topological polar surface area (TPSA) is 38.9 Å². The Morgan fingerprint density at radius 3 is 2.78 bits per heavy atom. The molecule has 0 fully saturated rings. The molecule has 96 valence electrons. The molecule has 0 unspecified atom stereocenters. The first-order chi connectivity index (χ1) is 8.35. The van der Waals surface area contributed by atoms with Gasteiger partial charge in [-0.05, 0) is 38.5 Å². The van der Waals surface area contributed by atoms with Gasteiger partial charge in [0.15, 0.2) is 0 Å². The van der Waals surface area contributed by atoms with Crippen LogP contribution < -0.4 is 5.73 Å². The minimum Gasteiger partial charge on any atom is -0.325 e. The van der Waals surface area contributed by atoms with E-state index in [-0.39, 0.29) is 5.54 Å². The summed E-state index contributed by atoms with van der Waals surface area (Å²) < 4.78 is 1.08. The van der Waals surface area contributed by atoms with Crippen molar-refractivity contribution in [2.45, 2.75) is 32.7 Å². The van der Waals surface area contributed by atoms with Crippen LogP contribution in [0.15, 0.2) is 28.1 Å². The van der Waals surface area contributed by atoms with E-state index in [0.29, 0.717) is 0 Å². The van der Waals surface area contributed by atoms with E-state index >= 15 is 0 Å². The summed E-state index contributed by atoms with van der Waals surface area (Å²) in [6.07, 6.45) is 0.802.